The van der Waals surface area contributed by atoms with Gasteiger partial charge in [-0.2, -0.15) is 0 Å². The Kier molecular flexibility index (Phi) is 3.92. The molecule has 0 spiro atoms. The first-order valence-electron chi connectivity index (χ1n) is 6.00. The lowest BCUT2D eigenvalue weighted by molar-refractivity contribution is -0.137. The number of ether oxygens (including phenoxy) is 2. The molecule has 2 N–H and O–H groups in total. The number of carboxylic acid groups (broad SMARTS) is 1. The van der Waals surface area contributed by atoms with Crippen LogP contribution in [-0.4, -0.2) is 29.4 Å². The molecule has 0 aromatic heterocycles. The van der Waals surface area contributed by atoms with Crippen molar-refractivity contribution in [1.82, 2.24) is 0 Å². The smallest absolute Gasteiger partial charge is 0.303 e. The number of phenolic OH excluding ortho intramolecular Hbond substituents is 1. The third-order valence-corrected chi connectivity index (χ3v) is 2.81. The molecule has 0 amide bonds. The predicted octanol–water partition coefficient (Wildman–Crippen LogP) is 1.96. The number of hydrogen-bond acceptors (Lipinski definition) is 4. The number of carboxylic acids is 1. The molecule has 0 bridgehead atoms. The summed E-state index contributed by atoms with van der Waals surface area (Å²) in [5, 5.41) is 18.5. The molecule has 98 valence electrons. The molecule has 0 unspecified atom stereocenters. The third kappa shape index (κ3) is 2.85. The molecule has 0 radical (unpaired) electrons. The van der Waals surface area contributed by atoms with Crippen molar-refractivity contribution in [3.05, 3.63) is 17.7 Å². The monoisotopic (exact) mass is 252 g/mol. The maximum Gasteiger partial charge on any atom is 0.303 e. The summed E-state index contributed by atoms with van der Waals surface area (Å²) in [6.45, 7) is 1.13. The molecule has 0 fully saturated rings. The molecule has 5 heteroatoms. The van der Waals surface area contributed by atoms with E-state index in [0.29, 0.717) is 43.1 Å². The second kappa shape index (κ2) is 5.62. The second-order valence-corrected chi connectivity index (χ2v) is 4.19. The molecule has 0 atom stereocenters. The van der Waals surface area contributed by atoms with Crippen molar-refractivity contribution in [2.24, 2.45) is 0 Å². The van der Waals surface area contributed by atoms with Crippen LogP contribution < -0.4 is 9.47 Å². The van der Waals surface area contributed by atoms with Gasteiger partial charge in [-0.1, -0.05) is 0 Å². The van der Waals surface area contributed by atoms with Crippen molar-refractivity contribution in [2.75, 3.05) is 13.2 Å². The standard InChI is InChI=1S/C13H16O5/c14-10-5-6-11-13(18-8-2-7-17-11)9(10)3-1-4-12(15)16/h5-6,14H,1-4,7-8H2,(H,15,16). The second-order valence-electron chi connectivity index (χ2n) is 4.19. The van der Waals surface area contributed by atoms with Gasteiger partial charge in [0.2, 0.25) is 0 Å². The summed E-state index contributed by atoms with van der Waals surface area (Å²) in [5.74, 6) is 0.465. The molecule has 1 aliphatic rings. The van der Waals surface area contributed by atoms with E-state index in [0.717, 1.165) is 6.42 Å². The van der Waals surface area contributed by atoms with Gasteiger partial charge >= 0.3 is 5.97 Å². The zero-order valence-corrected chi connectivity index (χ0v) is 10.0. The summed E-state index contributed by atoms with van der Waals surface area (Å²) in [6.07, 6.45) is 1.79. The van der Waals surface area contributed by atoms with Gasteiger partial charge in [0.15, 0.2) is 11.5 Å². The van der Waals surface area contributed by atoms with Crippen molar-refractivity contribution >= 4 is 5.97 Å². The Bertz CT molecular complexity index is 441. The van der Waals surface area contributed by atoms with Gasteiger partial charge < -0.3 is 19.7 Å². The van der Waals surface area contributed by atoms with Gasteiger partial charge in [0, 0.05) is 18.4 Å². The largest absolute Gasteiger partial charge is 0.508 e. The minimum Gasteiger partial charge on any atom is -0.508 e. The summed E-state index contributed by atoms with van der Waals surface area (Å²) < 4.78 is 11.1. The highest BCUT2D eigenvalue weighted by Crippen LogP contribution is 2.39. The Labute approximate surface area is 105 Å². The van der Waals surface area contributed by atoms with Crippen molar-refractivity contribution in [3.8, 4) is 17.2 Å². The number of aliphatic carboxylic acids is 1. The van der Waals surface area contributed by atoms with Crippen LogP contribution in [0.2, 0.25) is 0 Å². The minimum absolute atomic E-state index is 0.0734. The fourth-order valence-electron chi connectivity index (χ4n) is 1.94. The van der Waals surface area contributed by atoms with Crippen LogP contribution in [0.5, 0.6) is 17.2 Å². The Morgan fingerprint density at radius 1 is 1.28 bits per heavy atom. The van der Waals surface area contributed by atoms with E-state index in [1.807, 2.05) is 0 Å². The molecular formula is C13H16O5. The van der Waals surface area contributed by atoms with Crippen molar-refractivity contribution in [1.29, 1.82) is 0 Å². The van der Waals surface area contributed by atoms with E-state index in [4.69, 9.17) is 14.6 Å². The zero-order valence-electron chi connectivity index (χ0n) is 10.0. The number of carbonyl (C=O) groups is 1. The Hall–Kier alpha value is -1.91. The molecule has 1 aliphatic heterocycles. The van der Waals surface area contributed by atoms with Crippen molar-refractivity contribution in [3.63, 3.8) is 0 Å². The SMILES string of the molecule is O=C(O)CCCc1c(O)ccc2c1OCCCO2. The van der Waals surface area contributed by atoms with E-state index in [-0.39, 0.29) is 12.2 Å². The zero-order chi connectivity index (χ0) is 13.0. The summed E-state index contributed by atoms with van der Waals surface area (Å²) >= 11 is 0. The van der Waals surface area contributed by atoms with Gasteiger partial charge in [-0.3, -0.25) is 4.79 Å². The molecular weight excluding hydrogens is 236 g/mol. The Balaban J connectivity index is 2.19. The van der Waals surface area contributed by atoms with Crippen LogP contribution in [0.1, 0.15) is 24.8 Å². The average molecular weight is 252 g/mol. The van der Waals surface area contributed by atoms with Crippen LogP contribution in [0, 0.1) is 0 Å². The fourth-order valence-corrected chi connectivity index (χ4v) is 1.94. The third-order valence-electron chi connectivity index (χ3n) is 2.81. The molecule has 1 aromatic carbocycles. The lowest BCUT2D eigenvalue weighted by Gasteiger charge is -2.13. The van der Waals surface area contributed by atoms with Crippen LogP contribution in [0.25, 0.3) is 0 Å². The number of phenols is 1. The summed E-state index contributed by atoms with van der Waals surface area (Å²) in [4.78, 5) is 10.5. The highest BCUT2D eigenvalue weighted by molar-refractivity contribution is 5.66. The topological polar surface area (TPSA) is 76.0 Å². The summed E-state index contributed by atoms with van der Waals surface area (Å²) in [6, 6.07) is 3.24. The number of benzene rings is 1. The van der Waals surface area contributed by atoms with Crippen LogP contribution in [0.4, 0.5) is 0 Å². The van der Waals surface area contributed by atoms with Crippen LogP contribution in [-0.2, 0) is 11.2 Å². The van der Waals surface area contributed by atoms with Crippen LogP contribution in [0.3, 0.4) is 0 Å². The molecule has 1 aromatic rings. The lowest BCUT2D eigenvalue weighted by atomic mass is 10.1. The molecule has 1 heterocycles. The molecule has 18 heavy (non-hydrogen) atoms. The van der Waals surface area contributed by atoms with E-state index >= 15 is 0 Å². The maximum atomic E-state index is 10.5. The maximum absolute atomic E-state index is 10.5. The summed E-state index contributed by atoms with van der Waals surface area (Å²) in [7, 11) is 0. The quantitative estimate of drug-likeness (QED) is 0.856. The van der Waals surface area contributed by atoms with Crippen molar-refractivity contribution < 1.29 is 24.5 Å². The van der Waals surface area contributed by atoms with Crippen LogP contribution >= 0.6 is 0 Å². The number of aromatic hydroxyl groups is 1. The normalized spacial score (nSPS) is 14.0. The van der Waals surface area contributed by atoms with Gasteiger partial charge in [0.25, 0.3) is 0 Å². The number of fused-ring (bicyclic) bond motifs is 1. The first-order valence-corrected chi connectivity index (χ1v) is 6.00. The lowest BCUT2D eigenvalue weighted by Crippen LogP contribution is -2.00. The molecule has 5 nitrogen and oxygen atoms in total. The van der Waals surface area contributed by atoms with E-state index in [2.05, 4.69) is 0 Å². The fraction of sp³-hybridized carbons (Fsp3) is 0.462. The first-order chi connectivity index (χ1) is 8.68. The van der Waals surface area contributed by atoms with Crippen LogP contribution in [0.15, 0.2) is 12.1 Å². The molecule has 2 rings (SSSR count). The number of hydrogen-bond donors (Lipinski definition) is 2. The molecule has 0 aliphatic carbocycles. The highest BCUT2D eigenvalue weighted by atomic mass is 16.5. The highest BCUT2D eigenvalue weighted by Gasteiger charge is 2.18. The Morgan fingerprint density at radius 3 is 2.83 bits per heavy atom. The van der Waals surface area contributed by atoms with E-state index in [9.17, 15) is 9.90 Å². The van der Waals surface area contributed by atoms with E-state index in [1.54, 1.807) is 12.1 Å². The van der Waals surface area contributed by atoms with E-state index < -0.39 is 5.97 Å². The predicted molar refractivity (Wildman–Crippen MR) is 64.3 cm³/mol. The first kappa shape index (κ1) is 12.5. The van der Waals surface area contributed by atoms with Crippen molar-refractivity contribution in [2.45, 2.75) is 25.7 Å². The van der Waals surface area contributed by atoms with Gasteiger partial charge in [-0.25, -0.2) is 0 Å². The summed E-state index contributed by atoms with van der Waals surface area (Å²) in [5.41, 5.74) is 0.635. The van der Waals surface area contributed by atoms with E-state index in [1.165, 1.54) is 0 Å². The van der Waals surface area contributed by atoms with Gasteiger partial charge in [0.05, 0.1) is 13.2 Å². The molecule has 0 saturated carbocycles. The minimum atomic E-state index is -0.839. The Morgan fingerprint density at radius 2 is 2.06 bits per heavy atom. The number of rotatable bonds is 4. The average Bonchev–Trinajstić information content (AvgIpc) is 2.57. The van der Waals surface area contributed by atoms with Gasteiger partial charge in [-0.05, 0) is 25.0 Å². The van der Waals surface area contributed by atoms with Gasteiger partial charge in [-0.15, -0.1) is 0 Å². The van der Waals surface area contributed by atoms with Gasteiger partial charge in [0.1, 0.15) is 5.75 Å². The molecule has 0 saturated heterocycles.